The van der Waals surface area contributed by atoms with E-state index in [1.807, 2.05) is 20.8 Å². The second-order valence-electron chi connectivity index (χ2n) is 5.52. The highest BCUT2D eigenvalue weighted by Gasteiger charge is 2.43. The zero-order valence-electron chi connectivity index (χ0n) is 10.3. The molecule has 0 saturated carbocycles. The molecule has 96 valence electrons. The Morgan fingerprint density at radius 2 is 1.81 bits per heavy atom. The first kappa shape index (κ1) is 13.9. The van der Waals surface area contributed by atoms with Gasteiger partial charge in [-0.25, -0.2) is 0 Å². The number of hydrogen-bond acceptors (Lipinski definition) is 5. The Morgan fingerprint density at radius 1 is 1.25 bits per heavy atom. The topological polar surface area (TPSA) is 82.0 Å². The van der Waals surface area contributed by atoms with Crippen LogP contribution in [0.5, 0.6) is 0 Å². The standard InChI is InChI=1S/C11H23NO4/c1-6-7(5-13)16-10(15)8(9(6)14)12-11(2,3)4/h6-10,12-15H,5H2,1-4H3. The molecular weight excluding hydrogens is 210 g/mol. The van der Waals surface area contributed by atoms with Gasteiger partial charge in [0.05, 0.1) is 24.9 Å². The van der Waals surface area contributed by atoms with Crippen molar-refractivity contribution < 1.29 is 20.1 Å². The van der Waals surface area contributed by atoms with Crippen LogP contribution in [-0.4, -0.2) is 52.0 Å². The molecule has 1 aliphatic heterocycles. The predicted octanol–water partition coefficient (Wildman–Crippen LogP) is -0.550. The van der Waals surface area contributed by atoms with Crippen LogP contribution in [0.1, 0.15) is 27.7 Å². The maximum atomic E-state index is 10.1. The van der Waals surface area contributed by atoms with E-state index in [9.17, 15) is 10.2 Å². The van der Waals surface area contributed by atoms with Gasteiger partial charge in [0.15, 0.2) is 6.29 Å². The Balaban J connectivity index is 2.72. The summed E-state index contributed by atoms with van der Waals surface area (Å²) in [5, 5.41) is 32.0. The van der Waals surface area contributed by atoms with Gasteiger partial charge in [0, 0.05) is 11.5 Å². The van der Waals surface area contributed by atoms with Gasteiger partial charge >= 0.3 is 0 Å². The summed E-state index contributed by atoms with van der Waals surface area (Å²) in [6.45, 7) is 7.46. The first-order valence-electron chi connectivity index (χ1n) is 5.66. The summed E-state index contributed by atoms with van der Waals surface area (Å²) >= 11 is 0. The van der Waals surface area contributed by atoms with Crippen molar-refractivity contribution >= 4 is 0 Å². The van der Waals surface area contributed by atoms with E-state index in [1.54, 1.807) is 6.92 Å². The Morgan fingerprint density at radius 3 is 2.25 bits per heavy atom. The number of rotatable bonds is 2. The average Bonchev–Trinajstić information content (AvgIpc) is 2.17. The molecule has 1 saturated heterocycles. The third kappa shape index (κ3) is 3.15. The van der Waals surface area contributed by atoms with E-state index in [4.69, 9.17) is 9.84 Å². The maximum absolute atomic E-state index is 10.1. The molecular formula is C11H23NO4. The number of ether oxygens (including phenoxy) is 1. The quantitative estimate of drug-likeness (QED) is 0.514. The lowest BCUT2D eigenvalue weighted by atomic mass is 9.88. The molecule has 4 N–H and O–H groups in total. The van der Waals surface area contributed by atoms with Crippen molar-refractivity contribution in [3.05, 3.63) is 0 Å². The van der Waals surface area contributed by atoms with E-state index in [2.05, 4.69) is 5.32 Å². The summed E-state index contributed by atoms with van der Waals surface area (Å²) in [6.07, 6.45) is -2.34. The summed E-state index contributed by atoms with van der Waals surface area (Å²) in [4.78, 5) is 0. The van der Waals surface area contributed by atoms with Gasteiger partial charge in [-0.1, -0.05) is 6.92 Å². The lowest BCUT2D eigenvalue weighted by molar-refractivity contribution is -0.238. The maximum Gasteiger partial charge on any atom is 0.173 e. The van der Waals surface area contributed by atoms with E-state index < -0.39 is 24.5 Å². The fraction of sp³-hybridized carbons (Fsp3) is 1.00. The Kier molecular flexibility index (Phi) is 4.31. The van der Waals surface area contributed by atoms with Gasteiger partial charge in [-0.3, -0.25) is 0 Å². The normalized spacial score (nSPS) is 41.1. The van der Waals surface area contributed by atoms with Crippen LogP contribution in [0.15, 0.2) is 0 Å². The molecule has 0 aromatic heterocycles. The summed E-state index contributed by atoms with van der Waals surface area (Å²) in [6, 6.07) is -0.530. The summed E-state index contributed by atoms with van der Waals surface area (Å²) in [5.74, 6) is -0.215. The number of nitrogens with one attached hydrogen (secondary N) is 1. The third-order valence-electron chi connectivity index (χ3n) is 2.89. The third-order valence-corrected chi connectivity index (χ3v) is 2.89. The molecule has 0 amide bonds. The molecule has 1 fully saturated rings. The minimum atomic E-state index is -1.09. The highest BCUT2D eigenvalue weighted by molar-refractivity contribution is 4.93. The molecule has 5 heteroatoms. The minimum Gasteiger partial charge on any atom is -0.394 e. The highest BCUT2D eigenvalue weighted by atomic mass is 16.6. The van der Waals surface area contributed by atoms with Crippen LogP contribution in [-0.2, 0) is 4.74 Å². The lowest BCUT2D eigenvalue weighted by Crippen LogP contribution is -2.63. The molecule has 0 aromatic carbocycles. The van der Waals surface area contributed by atoms with Crippen molar-refractivity contribution in [2.45, 2.75) is 57.8 Å². The summed E-state index contributed by atoms with van der Waals surface area (Å²) in [7, 11) is 0. The van der Waals surface area contributed by atoms with Crippen LogP contribution in [0.3, 0.4) is 0 Å². The molecule has 0 aliphatic carbocycles. The lowest BCUT2D eigenvalue weighted by Gasteiger charge is -2.44. The molecule has 5 nitrogen and oxygen atoms in total. The van der Waals surface area contributed by atoms with Crippen LogP contribution >= 0.6 is 0 Å². The molecule has 1 rings (SSSR count). The molecule has 16 heavy (non-hydrogen) atoms. The zero-order valence-corrected chi connectivity index (χ0v) is 10.3. The van der Waals surface area contributed by atoms with Gasteiger partial charge in [-0.05, 0) is 20.8 Å². The van der Waals surface area contributed by atoms with Gasteiger partial charge < -0.3 is 25.4 Å². The van der Waals surface area contributed by atoms with Crippen LogP contribution < -0.4 is 5.32 Å². The van der Waals surface area contributed by atoms with Crippen LogP contribution in [0.2, 0.25) is 0 Å². The molecule has 0 spiro atoms. The van der Waals surface area contributed by atoms with Gasteiger partial charge in [0.2, 0.25) is 0 Å². The van der Waals surface area contributed by atoms with Crippen molar-refractivity contribution in [3.63, 3.8) is 0 Å². The molecule has 1 heterocycles. The van der Waals surface area contributed by atoms with Crippen LogP contribution in [0.25, 0.3) is 0 Å². The smallest absolute Gasteiger partial charge is 0.173 e. The summed E-state index contributed by atoms with van der Waals surface area (Å²) < 4.78 is 5.26. The second-order valence-corrected chi connectivity index (χ2v) is 5.52. The number of aliphatic hydroxyl groups excluding tert-OH is 3. The van der Waals surface area contributed by atoms with Crippen LogP contribution in [0.4, 0.5) is 0 Å². The molecule has 5 unspecified atom stereocenters. The fourth-order valence-corrected chi connectivity index (χ4v) is 1.97. The first-order valence-corrected chi connectivity index (χ1v) is 5.66. The predicted molar refractivity (Wildman–Crippen MR) is 59.8 cm³/mol. The zero-order chi connectivity index (χ0) is 12.5. The van der Waals surface area contributed by atoms with E-state index in [1.165, 1.54) is 0 Å². The van der Waals surface area contributed by atoms with Crippen molar-refractivity contribution in [2.75, 3.05) is 6.61 Å². The van der Waals surface area contributed by atoms with Gasteiger partial charge in [-0.2, -0.15) is 0 Å². The van der Waals surface area contributed by atoms with Gasteiger partial charge in [0.25, 0.3) is 0 Å². The highest BCUT2D eigenvalue weighted by Crippen LogP contribution is 2.25. The molecule has 0 aromatic rings. The van der Waals surface area contributed by atoms with Crippen molar-refractivity contribution in [3.8, 4) is 0 Å². The van der Waals surface area contributed by atoms with Gasteiger partial charge in [0.1, 0.15) is 0 Å². The summed E-state index contributed by atoms with van der Waals surface area (Å²) in [5.41, 5.74) is -0.220. The fourth-order valence-electron chi connectivity index (χ4n) is 1.97. The van der Waals surface area contributed by atoms with Crippen molar-refractivity contribution in [1.29, 1.82) is 0 Å². The number of hydrogen-bond donors (Lipinski definition) is 4. The average molecular weight is 233 g/mol. The van der Waals surface area contributed by atoms with E-state index in [0.29, 0.717) is 0 Å². The number of aliphatic hydroxyl groups is 3. The largest absolute Gasteiger partial charge is 0.394 e. The van der Waals surface area contributed by atoms with E-state index >= 15 is 0 Å². The Bertz CT molecular complexity index is 229. The molecule has 0 bridgehead atoms. The SMILES string of the molecule is CC1C(CO)OC(O)C(NC(C)(C)C)C1O. The monoisotopic (exact) mass is 233 g/mol. The van der Waals surface area contributed by atoms with Crippen molar-refractivity contribution in [2.24, 2.45) is 5.92 Å². The Hall–Kier alpha value is -0.200. The van der Waals surface area contributed by atoms with E-state index in [0.717, 1.165) is 0 Å². The molecule has 1 aliphatic rings. The Labute approximate surface area is 96.4 Å². The first-order chi connectivity index (χ1) is 7.26. The molecule has 0 radical (unpaired) electrons. The second kappa shape index (κ2) is 4.98. The van der Waals surface area contributed by atoms with Gasteiger partial charge in [-0.15, -0.1) is 0 Å². The molecule has 5 atom stereocenters. The minimum absolute atomic E-state index is 0.197. The van der Waals surface area contributed by atoms with Crippen LogP contribution in [0, 0.1) is 5.92 Å². The van der Waals surface area contributed by atoms with E-state index in [-0.39, 0.29) is 18.1 Å². The van der Waals surface area contributed by atoms with Crippen molar-refractivity contribution in [1.82, 2.24) is 5.32 Å².